The van der Waals surface area contributed by atoms with E-state index < -0.39 is 9.84 Å². The highest BCUT2D eigenvalue weighted by Gasteiger charge is 2.08. The van der Waals surface area contributed by atoms with E-state index in [9.17, 15) is 8.42 Å². The molecule has 0 fully saturated rings. The predicted octanol–water partition coefficient (Wildman–Crippen LogP) is 2.80. The van der Waals surface area contributed by atoms with Crippen molar-refractivity contribution >= 4 is 39.8 Å². The molecule has 1 atom stereocenters. The van der Waals surface area contributed by atoms with Crippen molar-refractivity contribution in [2.24, 2.45) is 4.99 Å². The zero-order valence-electron chi connectivity index (χ0n) is 16.1. The molecule has 150 valence electrons. The van der Waals surface area contributed by atoms with Crippen LogP contribution in [0.5, 0.6) is 5.75 Å². The molecule has 0 heterocycles. The third kappa shape index (κ3) is 9.61. The van der Waals surface area contributed by atoms with E-state index >= 15 is 0 Å². The summed E-state index contributed by atoms with van der Waals surface area (Å²) in [6.45, 7) is 7.60. The summed E-state index contributed by atoms with van der Waals surface area (Å²) in [5.41, 5.74) is 1.25. The molecule has 0 saturated carbocycles. The Balaban J connectivity index is 0.00000625. The number of hydrogen-bond donors (Lipinski definition) is 2. The molecular weight excluding hydrogens is 465 g/mol. The zero-order chi connectivity index (χ0) is 18.7. The van der Waals surface area contributed by atoms with Gasteiger partial charge in [-0.15, -0.1) is 24.0 Å². The Morgan fingerprint density at radius 2 is 1.85 bits per heavy atom. The lowest BCUT2D eigenvalue weighted by Crippen LogP contribution is -2.39. The minimum Gasteiger partial charge on any atom is -0.497 e. The zero-order valence-corrected chi connectivity index (χ0v) is 19.3. The molecule has 0 amide bonds. The average Bonchev–Trinajstić information content (AvgIpc) is 2.61. The van der Waals surface area contributed by atoms with Gasteiger partial charge >= 0.3 is 0 Å². The van der Waals surface area contributed by atoms with Crippen molar-refractivity contribution in [2.75, 3.05) is 38.2 Å². The van der Waals surface area contributed by atoms with Crippen molar-refractivity contribution in [1.29, 1.82) is 0 Å². The average molecular weight is 497 g/mol. The molecule has 1 unspecified atom stereocenters. The van der Waals surface area contributed by atoms with Gasteiger partial charge in [-0.2, -0.15) is 0 Å². The number of methoxy groups -OCH3 is 1. The second kappa shape index (κ2) is 13.2. The van der Waals surface area contributed by atoms with Crippen LogP contribution in [0.3, 0.4) is 0 Å². The van der Waals surface area contributed by atoms with E-state index in [4.69, 9.17) is 4.74 Å². The van der Waals surface area contributed by atoms with Gasteiger partial charge < -0.3 is 15.4 Å². The maximum Gasteiger partial charge on any atom is 0.191 e. The first-order valence-corrected chi connectivity index (χ1v) is 10.6. The minimum absolute atomic E-state index is 0. The smallest absolute Gasteiger partial charge is 0.191 e. The highest BCUT2D eigenvalue weighted by molar-refractivity contribution is 14.0. The number of benzene rings is 1. The Kier molecular flexibility index (Phi) is 12.7. The number of ether oxygens (including phenoxy) is 1. The van der Waals surface area contributed by atoms with E-state index in [-0.39, 0.29) is 35.5 Å². The lowest BCUT2D eigenvalue weighted by Gasteiger charge is -2.13. The van der Waals surface area contributed by atoms with Crippen LogP contribution in [-0.2, 0) is 9.84 Å². The summed E-state index contributed by atoms with van der Waals surface area (Å²) in [5.74, 6) is 2.20. The van der Waals surface area contributed by atoms with E-state index in [1.165, 1.54) is 5.56 Å². The second-order valence-corrected chi connectivity index (χ2v) is 8.36. The molecule has 0 bridgehead atoms. The first kappa shape index (κ1) is 25.0. The number of rotatable bonds is 10. The number of nitrogens with zero attached hydrogens (tertiary/aromatic N) is 1. The molecule has 6 nitrogen and oxygen atoms in total. The van der Waals surface area contributed by atoms with Gasteiger partial charge in [-0.25, -0.2) is 8.42 Å². The number of guanidine groups is 1. The Bertz CT molecular complexity index is 634. The third-order valence-electron chi connectivity index (χ3n) is 4.01. The fourth-order valence-corrected chi connectivity index (χ4v) is 2.98. The molecule has 0 saturated heterocycles. The van der Waals surface area contributed by atoms with Crippen molar-refractivity contribution in [3.63, 3.8) is 0 Å². The Hall–Kier alpha value is -1.03. The standard InChI is InChI=1S/C18H31N3O3S.HI/c1-5-19-18(21-13-14-25(22,23)6-2)20-12-11-15(3)16-7-9-17(24-4)10-8-16;/h7-10,15H,5-6,11-14H2,1-4H3,(H2,19,20,21);1H. The van der Waals surface area contributed by atoms with Gasteiger partial charge in [0.25, 0.3) is 0 Å². The van der Waals surface area contributed by atoms with Gasteiger partial charge in [0.1, 0.15) is 5.75 Å². The Labute approximate surface area is 175 Å². The first-order chi connectivity index (χ1) is 11.9. The molecule has 2 N–H and O–H groups in total. The molecule has 0 radical (unpaired) electrons. The molecule has 0 aliphatic heterocycles. The van der Waals surface area contributed by atoms with Crippen LogP contribution in [0.2, 0.25) is 0 Å². The summed E-state index contributed by atoms with van der Waals surface area (Å²) in [6, 6.07) is 8.09. The summed E-state index contributed by atoms with van der Waals surface area (Å²) in [6.07, 6.45) is 0.913. The van der Waals surface area contributed by atoms with Crippen LogP contribution in [0.15, 0.2) is 29.3 Å². The van der Waals surface area contributed by atoms with Gasteiger partial charge in [0.2, 0.25) is 0 Å². The Morgan fingerprint density at radius 3 is 2.38 bits per heavy atom. The number of nitrogens with one attached hydrogen (secondary N) is 2. The summed E-state index contributed by atoms with van der Waals surface area (Å²) >= 11 is 0. The van der Waals surface area contributed by atoms with E-state index in [2.05, 4.69) is 34.7 Å². The monoisotopic (exact) mass is 497 g/mol. The summed E-state index contributed by atoms with van der Waals surface area (Å²) in [5, 5.41) is 6.23. The van der Waals surface area contributed by atoms with Crippen LogP contribution in [0.1, 0.15) is 38.7 Å². The van der Waals surface area contributed by atoms with Gasteiger partial charge in [0, 0.05) is 25.4 Å². The molecule has 0 aromatic heterocycles. The molecule has 1 aromatic rings. The van der Waals surface area contributed by atoms with Crippen molar-refractivity contribution in [2.45, 2.75) is 33.1 Å². The van der Waals surface area contributed by atoms with Crippen molar-refractivity contribution < 1.29 is 13.2 Å². The second-order valence-electron chi connectivity index (χ2n) is 5.89. The summed E-state index contributed by atoms with van der Waals surface area (Å²) in [4.78, 5) is 4.53. The lowest BCUT2D eigenvalue weighted by atomic mass is 9.98. The van der Waals surface area contributed by atoms with E-state index in [0.29, 0.717) is 25.0 Å². The fourth-order valence-electron chi connectivity index (χ4n) is 2.28. The topological polar surface area (TPSA) is 79.8 Å². The Morgan fingerprint density at radius 1 is 1.19 bits per heavy atom. The van der Waals surface area contributed by atoms with Gasteiger partial charge in [0.05, 0.1) is 12.9 Å². The van der Waals surface area contributed by atoms with Gasteiger partial charge in [-0.05, 0) is 37.0 Å². The van der Waals surface area contributed by atoms with Crippen LogP contribution < -0.4 is 15.4 Å². The van der Waals surface area contributed by atoms with Crippen molar-refractivity contribution in [1.82, 2.24) is 10.6 Å². The predicted molar refractivity (Wildman–Crippen MR) is 120 cm³/mol. The molecule has 0 aliphatic rings. The SMILES string of the molecule is CCNC(=NCCC(C)c1ccc(OC)cc1)NCCS(=O)(=O)CC.I. The molecule has 0 aliphatic carbocycles. The van der Waals surface area contributed by atoms with E-state index in [0.717, 1.165) is 18.7 Å². The number of aliphatic imine (C=N–C) groups is 1. The largest absolute Gasteiger partial charge is 0.497 e. The first-order valence-electron chi connectivity index (χ1n) is 8.78. The molecule has 0 spiro atoms. The number of halogens is 1. The number of hydrogen-bond acceptors (Lipinski definition) is 4. The van der Waals surface area contributed by atoms with Crippen LogP contribution >= 0.6 is 24.0 Å². The minimum atomic E-state index is -2.96. The van der Waals surface area contributed by atoms with Gasteiger partial charge in [0.15, 0.2) is 15.8 Å². The lowest BCUT2D eigenvalue weighted by molar-refractivity contribution is 0.414. The van der Waals surface area contributed by atoms with Crippen molar-refractivity contribution in [3.05, 3.63) is 29.8 Å². The quantitative estimate of drug-likeness (QED) is 0.295. The number of sulfone groups is 1. The summed E-state index contributed by atoms with van der Waals surface area (Å²) < 4.78 is 28.2. The van der Waals surface area contributed by atoms with Gasteiger partial charge in [-0.3, -0.25) is 4.99 Å². The maximum absolute atomic E-state index is 11.5. The third-order valence-corrected chi connectivity index (χ3v) is 5.71. The van der Waals surface area contributed by atoms with E-state index in [1.807, 2.05) is 19.1 Å². The molecule has 8 heteroatoms. The van der Waals surface area contributed by atoms with Crippen LogP contribution in [0.25, 0.3) is 0 Å². The van der Waals surface area contributed by atoms with Crippen LogP contribution in [-0.4, -0.2) is 52.6 Å². The van der Waals surface area contributed by atoms with Crippen LogP contribution in [0, 0.1) is 0 Å². The molecule has 1 rings (SSSR count). The van der Waals surface area contributed by atoms with E-state index in [1.54, 1.807) is 14.0 Å². The maximum atomic E-state index is 11.5. The van der Waals surface area contributed by atoms with Crippen molar-refractivity contribution in [3.8, 4) is 5.75 Å². The highest BCUT2D eigenvalue weighted by Crippen LogP contribution is 2.21. The fraction of sp³-hybridized carbons (Fsp3) is 0.611. The highest BCUT2D eigenvalue weighted by atomic mass is 127. The molecule has 26 heavy (non-hydrogen) atoms. The van der Waals surface area contributed by atoms with Crippen LogP contribution in [0.4, 0.5) is 0 Å². The molecule has 1 aromatic carbocycles. The summed E-state index contributed by atoms with van der Waals surface area (Å²) in [7, 11) is -1.30. The van der Waals surface area contributed by atoms with Gasteiger partial charge in [-0.1, -0.05) is 26.0 Å². The normalized spacial score (nSPS) is 12.8. The molecular formula is C18H32IN3O3S.